The highest BCUT2D eigenvalue weighted by atomic mass is 16.2. The maximum Gasteiger partial charge on any atom is 0.255 e. The first kappa shape index (κ1) is 16.8. The molecule has 1 aliphatic rings. The Labute approximate surface area is 153 Å². The Morgan fingerprint density at radius 1 is 1.15 bits per heavy atom. The van der Waals surface area contributed by atoms with Crippen molar-refractivity contribution in [3.05, 3.63) is 59.0 Å². The third-order valence-electron chi connectivity index (χ3n) is 5.18. The summed E-state index contributed by atoms with van der Waals surface area (Å²) in [5.74, 6) is 0.0759. The molecule has 3 heterocycles. The Bertz CT molecular complexity index is 975. The zero-order valence-electron chi connectivity index (χ0n) is 15.6. The predicted octanol–water partition coefficient (Wildman–Crippen LogP) is 3.83. The highest BCUT2D eigenvalue weighted by Gasteiger charge is 2.27. The van der Waals surface area contributed by atoms with Crippen molar-refractivity contribution in [2.45, 2.75) is 39.7 Å². The molecule has 26 heavy (non-hydrogen) atoms. The maximum absolute atomic E-state index is 13.2. The second kappa shape index (κ2) is 6.56. The lowest BCUT2D eigenvalue weighted by atomic mass is 10.0. The second-order valence-electron chi connectivity index (χ2n) is 7.36. The molecule has 1 saturated heterocycles. The Morgan fingerprint density at radius 2 is 2.00 bits per heavy atom. The number of hydrogen-bond acceptors (Lipinski definition) is 3. The van der Waals surface area contributed by atoms with Gasteiger partial charge in [0.25, 0.3) is 5.91 Å². The smallest absolute Gasteiger partial charge is 0.255 e. The first-order valence-electron chi connectivity index (χ1n) is 9.19. The first-order valence-corrected chi connectivity index (χ1v) is 9.19. The van der Waals surface area contributed by atoms with E-state index in [4.69, 9.17) is 0 Å². The van der Waals surface area contributed by atoms with Crippen molar-refractivity contribution in [3.63, 3.8) is 0 Å². The molecule has 1 fully saturated rings. The average molecular weight is 348 g/mol. The number of aromatic nitrogens is 3. The van der Waals surface area contributed by atoms with Gasteiger partial charge in [-0.3, -0.25) is 14.5 Å². The van der Waals surface area contributed by atoms with Gasteiger partial charge < -0.3 is 4.90 Å². The molecule has 0 bridgehead atoms. The van der Waals surface area contributed by atoms with Crippen LogP contribution in [0, 0.1) is 20.8 Å². The van der Waals surface area contributed by atoms with Crippen LogP contribution in [-0.4, -0.2) is 38.7 Å². The number of benzene rings is 1. The number of rotatable bonds is 2. The van der Waals surface area contributed by atoms with Crippen LogP contribution in [0.15, 0.2) is 36.7 Å². The molecule has 0 saturated carbocycles. The summed E-state index contributed by atoms with van der Waals surface area (Å²) in [6.07, 6.45) is 5.98. The number of amides is 1. The van der Waals surface area contributed by atoms with Gasteiger partial charge in [0.1, 0.15) is 0 Å². The van der Waals surface area contributed by atoms with E-state index in [0.717, 1.165) is 41.5 Å². The Morgan fingerprint density at radius 3 is 2.77 bits per heavy atom. The van der Waals surface area contributed by atoms with Crippen molar-refractivity contribution in [2.75, 3.05) is 13.1 Å². The number of carbonyl (C=O) groups excluding carboxylic acids is 1. The van der Waals surface area contributed by atoms with Gasteiger partial charge >= 0.3 is 0 Å². The number of pyridine rings is 1. The van der Waals surface area contributed by atoms with E-state index >= 15 is 0 Å². The van der Waals surface area contributed by atoms with E-state index in [0.29, 0.717) is 12.1 Å². The number of likely N-dealkylation sites (tertiary alicyclic amines) is 1. The average Bonchev–Trinajstić information content (AvgIpc) is 3.07. The fourth-order valence-corrected chi connectivity index (χ4v) is 3.77. The van der Waals surface area contributed by atoms with Crippen LogP contribution in [0.1, 0.15) is 46.1 Å². The fraction of sp³-hybridized carbons (Fsp3) is 0.381. The van der Waals surface area contributed by atoms with Gasteiger partial charge in [0.2, 0.25) is 0 Å². The normalized spacial score (nSPS) is 17.7. The number of hydrogen-bond donors (Lipinski definition) is 0. The van der Waals surface area contributed by atoms with E-state index in [1.807, 2.05) is 41.8 Å². The molecule has 3 aromatic rings. The van der Waals surface area contributed by atoms with Crippen LogP contribution in [0.4, 0.5) is 0 Å². The molecule has 0 N–H and O–H groups in total. The second-order valence-corrected chi connectivity index (χ2v) is 7.36. The Balaban J connectivity index is 1.62. The monoisotopic (exact) mass is 348 g/mol. The van der Waals surface area contributed by atoms with Crippen molar-refractivity contribution in [1.29, 1.82) is 0 Å². The topological polar surface area (TPSA) is 51.0 Å². The molecule has 4 rings (SSSR count). The van der Waals surface area contributed by atoms with Gasteiger partial charge in [-0.05, 0) is 57.4 Å². The summed E-state index contributed by atoms with van der Waals surface area (Å²) in [6.45, 7) is 7.51. The summed E-state index contributed by atoms with van der Waals surface area (Å²) in [4.78, 5) is 19.8. The molecule has 0 aliphatic carbocycles. The van der Waals surface area contributed by atoms with E-state index in [-0.39, 0.29) is 11.9 Å². The maximum atomic E-state index is 13.2. The molecule has 1 atom stereocenters. The van der Waals surface area contributed by atoms with Gasteiger partial charge in [-0.1, -0.05) is 11.6 Å². The van der Waals surface area contributed by atoms with E-state index in [1.165, 1.54) is 5.56 Å². The summed E-state index contributed by atoms with van der Waals surface area (Å²) in [5, 5.41) is 5.46. The van der Waals surface area contributed by atoms with Crippen LogP contribution < -0.4 is 0 Å². The lowest BCUT2D eigenvalue weighted by Crippen LogP contribution is -2.41. The fourth-order valence-electron chi connectivity index (χ4n) is 3.77. The molecule has 0 spiro atoms. The van der Waals surface area contributed by atoms with Gasteiger partial charge in [0.15, 0.2) is 0 Å². The third kappa shape index (κ3) is 3.09. The number of aryl methyl sites for hydroxylation is 3. The summed E-state index contributed by atoms with van der Waals surface area (Å²) in [5.41, 5.74) is 4.77. The lowest BCUT2D eigenvalue weighted by Gasteiger charge is -2.33. The zero-order valence-corrected chi connectivity index (χ0v) is 15.6. The summed E-state index contributed by atoms with van der Waals surface area (Å²) < 4.78 is 2.00. The number of piperidine rings is 1. The van der Waals surface area contributed by atoms with Crippen molar-refractivity contribution in [1.82, 2.24) is 19.7 Å². The van der Waals surface area contributed by atoms with Crippen molar-refractivity contribution < 1.29 is 4.79 Å². The Kier molecular flexibility index (Phi) is 4.23. The molecule has 1 aliphatic heterocycles. The number of carbonyl (C=O) groups is 1. The predicted molar refractivity (Wildman–Crippen MR) is 102 cm³/mol. The molecule has 5 nitrogen and oxygen atoms in total. The molecule has 2 aromatic heterocycles. The first-order chi connectivity index (χ1) is 12.5. The highest BCUT2D eigenvalue weighted by molar-refractivity contribution is 5.98. The van der Waals surface area contributed by atoms with E-state index in [2.05, 4.69) is 35.3 Å². The van der Waals surface area contributed by atoms with Crippen LogP contribution in [0.25, 0.3) is 10.9 Å². The Hall–Kier alpha value is -2.69. The van der Waals surface area contributed by atoms with Crippen LogP contribution in [0.2, 0.25) is 0 Å². The lowest BCUT2D eigenvalue weighted by molar-refractivity contribution is 0.0672. The van der Waals surface area contributed by atoms with Crippen molar-refractivity contribution >= 4 is 16.8 Å². The largest absolute Gasteiger partial charge is 0.336 e. The highest BCUT2D eigenvalue weighted by Crippen LogP contribution is 2.25. The molecular weight excluding hydrogens is 324 g/mol. The van der Waals surface area contributed by atoms with Gasteiger partial charge in [-0.15, -0.1) is 0 Å². The van der Waals surface area contributed by atoms with E-state index in [1.54, 1.807) is 0 Å². The summed E-state index contributed by atoms with van der Waals surface area (Å²) >= 11 is 0. The molecule has 1 unspecified atom stereocenters. The van der Waals surface area contributed by atoms with Crippen molar-refractivity contribution in [2.24, 2.45) is 0 Å². The molecular formula is C21H24N4O. The van der Waals surface area contributed by atoms with Gasteiger partial charge in [-0.25, -0.2) is 0 Å². The zero-order chi connectivity index (χ0) is 18.3. The molecule has 5 heteroatoms. The van der Waals surface area contributed by atoms with Crippen molar-refractivity contribution in [3.8, 4) is 0 Å². The minimum absolute atomic E-state index is 0.0759. The standard InChI is InChI=1S/C21H24N4O/c1-14-6-7-20-17(9-14)10-19(16(3)23-20)21(26)24-8-4-5-18(13-24)25-12-15(2)11-22-25/h6-7,9-12,18H,4-5,8,13H2,1-3H3. The van der Waals surface area contributed by atoms with Gasteiger partial charge in [-0.2, -0.15) is 5.10 Å². The van der Waals surface area contributed by atoms with E-state index < -0.39 is 0 Å². The van der Waals surface area contributed by atoms with Crippen LogP contribution in [-0.2, 0) is 0 Å². The summed E-state index contributed by atoms with van der Waals surface area (Å²) in [7, 11) is 0. The van der Waals surface area contributed by atoms with Crippen LogP contribution in [0.3, 0.4) is 0 Å². The molecule has 0 radical (unpaired) electrons. The van der Waals surface area contributed by atoms with Gasteiger partial charge in [0, 0.05) is 24.7 Å². The number of fused-ring (bicyclic) bond motifs is 1. The summed E-state index contributed by atoms with van der Waals surface area (Å²) in [6, 6.07) is 8.40. The van der Waals surface area contributed by atoms with E-state index in [9.17, 15) is 4.79 Å². The van der Waals surface area contributed by atoms with Crippen LogP contribution >= 0.6 is 0 Å². The third-order valence-corrected chi connectivity index (χ3v) is 5.18. The number of nitrogens with zero attached hydrogens (tertiary/aromatic N) is 4. The SMILES string of the molecule is Cc1ccc2nc(C)c(C(=O)N3CCCC(n4cc(C)cn4)C3)cc2c1. The quantitative estimate of drug-likeness (QED) is 0.707. The van der Waals surface area contributed by atoms with Gasteiger partial charge in [0.05, 0.1) is 29.0 Å². The molecule has 134 valence electrons. The molecule has 1 aromatic carbocycles. The van der Waals surface area contributed by atoms with Crippen LogP contribution in [0.5, 0.6) is 0 Å². The minimum Gasteiger partial charge on any atom is -0.336 e. The minimum atomic E-state index is 0.0759. The molecule has 1 amide bonds.